The van der Waals surface area contributed by atoms with E-state index in [2.05, 4.69) is 20.4 Å². The molecule has 0 aliphatic heterocycles. The number of hydrogen-bond acceptors (Lipinski definition) is 5. The van der Waals surface area contributed by atoms with Crippen LogP contribution in [0.4, 0.5) is 10.1 Å². The minimum Gasteiger partial charge on any atom is -0.439 e. The van der Waals surface area contributed by atoms with Gasteiger partial charge in [-0.05, 0) is 62.4 Å². The van der Waals surface area contributed by atoms with E-state index in [9.17, 15) is 9.18 Å². The van der Waals surface area contributed by atoms with Gasteiger partial charge >= 0.3 is 0 Å². The smallest absolute Gasteiger partial charge is 0.275 e. The van der Waals surface area contributed by atoms with Gasteiger partial charge in [-0.3, -0.25) is 4.79 Å². The van der Waals surface area contributed by atoms with Crippen molar-refractivity contribution in [1.29, 1.82) is 0 Å². The number of rotatable bonds is 5. The van der Waals surface area contributed by atoms with Crippen molar-refractivity contribution >= 4 is 23.2 Å². The largest absolute Gasteiger partial charge is 0.439 e. The van der Waals surface area contributed by atoms with E-state index in [-0.39, 0.29) is 16.5 Å². The molecule has 7 nitrogen and oxygen atoms in total. The van der Waals surface area contributed by atoms with Crippen LogP contribution in [0.5, 0.6) is 11.6 Å². The minimum absolute atomic E-state index is 0.0679. The van der Waals surface area contributed by atoms with Crippen molar-refractivity contribution < 1.29 is 13.9 Å². The van der Waals surface area contributed by atoms with Crippen LogP contribution in [0.2, 0.25) is 5.02 Å². The number of benzene rings is 1. The molecule has 0 aliphatic rings. The molecule has 0 radical (unpaired) electrons. The van der Waals surface area contributed by atoms with E-state index in [1.165, 1.54) is 30.5 Å². The third-order valence-corrected chi connectivity index (χ3v) is 4.61. The lowest BCUT2D eigenvalue weighted by Gasteiger charge is -2.10. The van der Waals surface area contributed by atoms with Gasteiger partial charge in [-0.15, -0.1) is 0 Å². The molecule has 0 atom stereocenters. The van der Waals surface area contributed by atoms with Gasteiger partial charge in [0.1, 0.15) is 17.3 Å². The van der Waals surface area contributed by atoms with Crippen LogP contribution in [-0.4, -0.2) is 25.7 Å². The first-order valence-electron chi connectivity index (χ1n) is 9.30. The predicted octanol–water partition coefficient (Wildman–Crippen LogP) is 5.12. The summed E-state index contributed by atoms with van der Waals surface area (Å²) in [4.78, 5) is 21.3. The molecule has 0 spiro atoms. The molecular weight excluding hydrogens is 421 g/mol. The maximum Gasteiger partial charge on any atom is 0.275 e. The van der Waals surface area contributed by atoms with Gasteiger partial charge in [0.2, 0.25) is 5.88 Å². The number of aromatic nitrogens is 4. The zero-order valence-corrected chi connectivity index (χ0v) is 17.4. The zero-order chi connectivity index (χ0) is 22.0. The van der Waals surface area contributed by atoms with Crippen LogP contribution in [0.3, 0.4) is 0 Å². The maximum atomic E-state index is 13.0. The fraction of sp³-hybridized carbons (Fsp3) is 0.0909. The quantitative estimate of drug-likeness (QED) is 0.468. The number of anilines is 1. The zero-order valence-electron chi connectivity index (χ0n) is 16.6. The molecule has 0 fully saturated rings. The molecule has 0 bridgehead atoms. The van der Waals surface area contributed by atoms with E-state index < -0.39 is 5.91 Å². The number of hydrogen-bond donors (Lipinski definition) is 1. The molecule has 1 N–H and O–H groups in total. The Bertz CT molecular complexity index is 1240. The van der Waals surface area contributed by atoms with E-state index in [4.69, 9.17) is 16.3 Å². The number of halogens is 2. The standard InChI is InChI=1S/C22H17ClFN5O2/c1-13-11-14(2)29(28-13)19-9-8-18(23)21(27-19)22(30)26-16-5-10-20(25-12-16)31-17-6-3-15(24)4-7-17/h3-12H,1-2H3,(H,26,30). The van der Waals surface area contributed by atoms with Crippen LogP contribution >= 0.6 is 11.6 Å². The lowest BCUT2D eigenvalue weighted by atomic mass is 10.3. The van der Waals surface area contributed by atoms with Gasteiger partial charge in [0, 0.05) is 11.8 Å². The first kappa shape index (κ1) is 20.5. The van der Waals surface area contributed by atoms with Crippen LogP contribution in [0.25, 0.3) is 5.82 Å². The van der Waals surface area contributed by atoms with Gasteiger partial charge in [-0.25, -0.2) is 19.0 Å². The Kier molecular flexibility index (Phi) is 5.64. The lowest BCUT2D eigenvalue weighted by molar-refractivity contribution is 0.102. The fourth-order valence-corrected chi connectivity index (χ4v) is 3.09. The van der Waals surface area contributed by atoms with Crippen molar-refractivity contribution in [3.8, 4) is 17.4 Å². The highest BCUT2D eigenvalue weighted by atomic mass is 35.5. The van der Waals surface area contributed by atoms with Crippen molar-refractivity contribution in [3.63, 3.8) is 0 Å². The van der Waals surface area contributed by atoms with Crippen molar-refractivity contribution in [2.45, 2.75) is 13.8 Å². The van der Waals surface area contributed by atoms with Gasteiger partial charge in [0.25, 0.3) is 5.91 Å². The molecule has 1 amide bonds. The van der Waals surface area contributed by atoms with Crippen LogP contribution in [0, 0.1) is 19.7 Å². The average molecular weight is 438 g/mol. The molecular formula is C22H17ClFN5O2. The number of nitrogens with one attached hydrogen (secondary N) is 1. The Hall–Kier alpha value is -3.78. The number of ether oxygens (including phenoxy) is 1. The van der Waals surface area contributed by atoms with Gasteiger partial charge < -0.3 is 10.1 Å². The van der Waals surface area contributed by atoms with Gasteiger partial charge in [-0.2, -0.15) is 5.10 Å². The van der Waals surface area contributed by atoms with Gasteiger partial charge in [0.15, 0.2) is 5.82 Å². The lowest BCUT2D eigenvalue weighted by Crippen LogP contribution is -2.16. The second-order valence-corrected chi connectivity index (χ2v) is 7.14. The first-order chi connectivity index (χ1) is 14.9. The number of nitrogens with zero attached hydrogens (tertiary/aromatic N) is 4. The summed E-state index contributed by atoms with van der Waals surface area (Å²) >= 11 is 6.20. The summed E-state index contributed by atoms with van der Waals surface area (Å²) in [7, 11) is 0. The summed E-state index contributed by atoms with van der Waals surface area (Å²) in [5, 5.41) is 7.31. The van der Waals surface area contributed by atoms with Gasteiger partial charge in [0.05, 0.1) is 22.6 Å². The molecule has 3 aromatic heterocycles. The number of aryl methyl sites for hydroxylation is 2. The van der Waals surface area contributed by atoms with Crippen LogP contribution < -0.4 is 10.1 Å². The van der Waals surface area contributed by atoms with Crippen molar-refractivity contribution in [3.05, 3.63) is 88.7 Å². The summed E-state index contributed by atoms with van der Waals surface area (Å²) in [6, 6.07) is 14.0. The highest BCUT2D eigenvalue weighted by Gasteiger charge is 2.16. The first-order valence-corrected chi connectivity index (χ1v) is 9.68. The third-order valence-electron chi connectivity index (χ3n) is 4.30. The fourth-order valence-electron chi connectivity index (χ4n) is 2.90. The highest BCUT2D eigenvalue weighted by Crippen LogP contribution is 2.22. The summed E-state index contributed by atoms with van der Waals surface area (Å²) in [5.74, 6) is 0.395. The Balaban J connectivity index is 1.49. The number of amides is 1. The molecule has 4 aromatic rings. The van der Waals surface area contributed by atoms with Crippen LogP contribution in [-0.2, 0) is 0 Å². The normalized spacial score (nSPS) is 10.7. The molecule has 0 saturated carbocycles. The molecule has 1 aromatic carbocycles. The van der Waals surface area contributed by atoms with Crippen molar-refractivity contribution in [2.24, 2.45) is 0 Å². The number of carbonyl (C=O) groups excluding carboxylic acids is 1. The molecule has 156 valence electrons. The molecule has 0 aliphatic carbocycles. The van der Waals surface area contributed by atoms with E-state index >= 15 is 0 Å². The summed E-state index contributed by atoms with van der Waals surface area (Å²) in [5.41, 5.74) is 2.23. The SMILES string of the molecule is Cc1cc(C)n(-c2ccc(Cl)c(C(=O)Nc3ccc(Oc4ccc(F)cc4)nc3)n2)n1. The number of carbonyl (C=O) groups is 1. The van der Waals surface area contributed by atoms with E-state index in [1.807, 2.05) is 19.9 Å². The van der Waals surface area contributed by atoms with Crippen LogP contribution in [0.1, 0.15) is 21.9 Å². The molecule has 0 unspecified atom stereocenters. The topological polar surface area (TPSA) is 81.9 Å². The Morgan fingerprint density at radius 2 is 1.87 bits per heavy atom. The second-order valence-electron chi connectivity index (χ2n) is 6.73. The maximum absolute atomic E-state index is 13.0. The molecule has 0 saturated heterocycles. The summed E-state index contributed by atoms with van der Waals surface area (Å²) in [6.45, 7) is 3.78. The molecule has 4 rings (SSSR count). The van der Waals surface area contributed by atoms with Crippen molar-refractivity contribution in [2.75, 3.05) is 5.32 Å². The van der Waals surface area contributed by atoms with Gasteiger partial charge in [-0.1, -0.05) is 11.6 Å². The van der Waals surface area contributed by atoms with Crippen LogP contribution in [0.15, 0.2) is 60.8 Å². The third kappa shape index (κ3) is 4.70. The second kappa shape index (κ2) is 8.53. The number of pyridine rings is 2. The van der Waals surface area contributed by atoms with Crippen molar-refractivity contribution in [1.82, 2.24) is 19.7 Å². The monoisotopic (exact) mass is 437 g/mol. The predicted molar refractivity (Wildman–Crippen MR) is 115 cm³/mol. The summed E-state index contributed by atoms with van der Waals surface area (Å²) < 4.78 is 20.2. The Labute approximate surface area is 182 Å². The van der Waals surface area contributed by atoms with E-state index in [0.717, 1.165) is 11.4 Å². The summed E-state index contributed by atoms with van der Waals surface area (Å²) in [6.07, 6.45) is 1.44. The molecule has 9 heteroatoms. The average Bonchev–Trinajstić information content (AvgIpc) is 3.09. The minimum atomic E-state index is -0.484. The molecule has 31 heavy (non-hydrogen) atoms. The highest BCUT2D eigenvalue weighted by molar-refractivity contribution is 6.34. The Morgan fingerprint density at radius 3 is 2.52 bits per heavy atom. The van der Waals surface area contributed by atoms with E-state index in [1.54, 1.807) is 28.9 Å². The molecule has 3 heterocycles. The Morgan fingerprint density at radius 1 is 1.10 bits per heavy atom. The van der Waals surface area contributed by atoms with E-state index in [0.29, 0.717) is 23.1 Å².